The van der Waals surface area contributed by atoms with Crippen molar-refractivity contribution in [3.63, 3.8) is 0 Å². The van der Waals surface area contributed by atoms with Crippen LogP contribution in [0.25, 0.3) is 0 Å². The zero-order chi connectivity index (χ0) is 43.6. The smallest absolute Gasteiger partial charge is 0.268 e. The minimum absolute atomic E-state index is 0.00237. The number of nitrogens with one attached hydrogen (secondary N) is 1. The molecular formula is C50H101N2O6P. The average molecular weight is 857 g/mol. The predicted octanol–water partition coefficient (Wildman–Crippen LogP) is 14.1. The summed E-state index contributed by atoms with van der Waals surface area (Å²) in [5.74, 6) is -0.192. The maximum absolute atomic E-state index is 12.9. The molecule has 0 spiro atoms. The highest BCUT2D eigenvalue weighted by molar-refractivity contribution is 7.45. The topological polar surface area (TPSA) is 108 Å². The van der Waals surface area contributed by atoms with Crippen molar-refractivity contribution in [2.45, 2.75) is 264 Å². The fourth-order valence-electron chi connectivity index (χ4n) is 7.68. The van der Waals surface area contributed by atoms with Crippen LogP contribution < -0.4 is 10.2 Å². The van der Waals surface area contributed by atoms with Crippen molar-refractivity contribution in [1.29, 1.82) is 0 Å². The lowest BCUT2D eigenvalue weighted by Crippen LogP contribution is -2.45. The zero-order valence-corrected chi connectivity index (χ0v) is 40.9. The number of carbonyl (C=O) groups excluding carboxylic acids is 1. The van der Waals surface area contributed by atoms with E-state index in [-0.39, 0.29) is 19.1 Å². The third-order valence-electron chi connectivity index (χ3n) is 11.7. The molecule has 3 atom stereocenters. The second-order valence-electron chi connectivity index (χ2n) is 18.9. The molecule has 0 bridgehead atoms. The summed E-state index contributed by atoms with van der Waals surface area (Å²) in [6.07, 6.45) is 49.8. The zero-order valence-electron chi connectivity index (χ0n) is 40.0. The summed E-state index contributed by atoms with van der Waals surface area (Å²) in [7, 11) is 1.27. The van der Waals surface area contributed by atoms with Gasteiger partial charge in [-0.05, 0) is 19.3 Å². The molecule has 0 saturated carbocycles. The lowest BCUT2D eigenvalue weighted by molar-refractivity contribution is -0.870. The summed E-state index contributed by atoms with van der Waals surface area (Å²) in [5, 5.41) is 13.8. The van der Waals surface area contributed by atoms with Crippen LogP contribution in [-0.2, 0) is 18.4 Å². The Bertz CT molecular complexity index is 974. The van der Waals surface area contributed by atoms with Gasteiger partial charge in [0.25, 0.3) is 7.82 Å². The summed E-state index contributed by atoms with van der Waals surface area (Å²) in [5.41, 5.74) is 0. The third-order valence-corrected chi connectivity index (χ3v) is 12.7. The van der Waals surface area contributed by atoms with Crippen molar-refractivity contribution >= 4 is 13.7 Å². The van der Waals surface area contributed by atoms with Crippen LogP contribution in [0, 0.1) is 0 Å². The van der Waals surface area contributed by atoms with Crippen LogP contribution >= 0.6 is 7.82 Å². The Labute approximate surface area is 367 Å². The second kappa shape index (κ2) is 42.5. The quantitative estimate of drug-likeness (QED) is 0.0273. The van der Waals surface area contributed by atoms with Gasteiger partial charge in [0, 0.05) is 6.42 Å². The number of quaternary nitrogens is 1. The molecule has 0 saturated heterocycles. The van der Waals surface area contributed by atoms with Crippen LogP contribution in [0.4, 0.5) is 0 Å². The molecule has 0 aromatic heterocycles. The van der Waals surface area contributed by atoms with Gasteiger partial charge in [0.15, 0.2) is 0 Å². The Morgan fingerprint density at radius 1 is 0.576 bits per heavy atom. The molecular weight excluding hydrogens is 756 g/mol. The number of likely N-dealkylation sites (N-methyl/N-ethyl adjacent to an activating group) is 1. The number of allylic oxidation sites excluding steroid dienone is 1. The molecule has 0 aliphatic rings. The van der Waals surface area contributed by atoms with E-state index < -0.39 is 20.0 Å². The van der Waals surface area contributed by atoms with E-state index in [1.54, 1.807) is 6.08 Å². The summed E-state index contributed by atoms with van der Waals surface area (Å²) in [4.78, 5) is 25.4. The summed E-state index contributed by atoms with van der Waals surface area (Å²) < 4.78 is 23.3. The Morgan fingerprint density at radius 3 is 1.27 bits per heavy atom. The molecule has 0 aliphatic carbocycles. The van der Waals surface area contributed by atoms with Gasteiger partial charge in [-0.3, -0.25) is 9.36 Å². The Balaban J connectivity index is 4.24. The third kappa shape index (κ3) is 45.1. The van der Waals surface area contributed by atoms with Crippen LogP contribution in [0.15, 0.2) is 12.2 Å². The largest absolute Gasteiger partial charge is 0.756 e. The fourth-order valence-corrected chi connectivity index (χ4v) is 8.41. The maximum Gasteiger partial charge on any atom is 0.268 e. The number of phosphoric ester groups is 1. The predicted molar refractivity (Wildman–Crippen MR) is 252 cm³/mol. The van der Waals surface area contributed by atoms with E-state index in [1.165, 1.54) is 193 Å². The molecule has 8 nitrogen and oxygen atoms in total. The molecule has 0 aromatic carbocycles. The minimum atomic E-state index is -4.59. The minimum Gasteiger partial charge on any atom is -0.756 e. The number of rotatable bonds is 47. The van der Waals surface area contributed by atoms with Crippen LogP contribution in [-0.4, -0.2) is 68.5 Å². The fraction of sp³-hybridized carbons (Fsp3) is 0.940. The highest BCUT2D eigenvalue weighted by Crippen LogP contribution is 2.38. The first-order chi connectivity index (χ1) is 28.5. The highest BCUT2D eigenvalue weighted by Gasteiger charge is 2.23. The van der Waals surface area contributed by atoms with E-state index >= 15 is 0 Å². The molecule has 2 N–H and O–H groups in total. The molecule has 0 aromatic rings. The Hall–Kier alpha value is -0.760. The van der Waals surface area contributed by atoms with Gasteiger partial charge in [0.2, 0.25) is 5.91 Å². The molecule has 0 fully saturated rings. The number of amides is 1. The first kappa shape index (κ1) is 58.2. The number of nitrogens with zero attached hydrogens (tertiary/aromatic N) is 1. The van der Waals surface area contributed by atoms with Gasteiger partial charge >= 0.3 is 0 Å². The lowest BCUT2D eigenvalue weighted by Gasteiger charge is -2.29. The maximum atomic E-state index is 12.9. The van der Waals surface area contributed by atoms with Crippen LogP contribution in [0.1, 0.15) is 251 Å². The van der Waals surface area contributed by atoms with E-state index in [4.69, 9.17) is 9.05 Å². The van der Waals surface area contributed by atoms with Gasteiger partial charge in [-0.15, -0.1) is 0 Å². The van der Waals surface area contributed by atoms with Gasteiger partial charge in [-0.2, -0.15) is 0 Å². The first-order valence-corrected chi connectivity index (χ1v) is 27.0. The van der Waals surface area contributed by atoms with Gasteiger partial charge in [-0.1, -0.05) is 238 Å². The van der Waals surface area contributed by atoms with E-state index in [0.717, 1.165) is 38.5 Å². The van der Waals surface area contributed by atoms with Crippen LogP contribution in [0.3, 0.4) is 0 Å². The van der Waals surface area contributed by atoms with Crippen molar-refractivity contribution < 1.29 is 32.9 Å². The van der Waals surface area contributed by atoms with E-state index in [0.29, 0.717) is 17.4 Å². The molecule has 59 heavy (non-hydrogen) atoms. The molecule has 0 heterocycles. The molecule has 1 unspecified atom stereocenters. The van der Waals surface area contributed by atoms with Crippen molar-refractivity contribution in [2.24, 2.45) is 0 Å². The van der Waals surface area contributed by atoms with Gasteiger partial charge in [0.05, 0.1) is 39.9 Å². The molecule has 1 amide bonds. The monoisotopic (exact) mass is 857 g/mol. The van der Waals surface area contributed by atoms with Crippen LogP contribution in [0.5, 0.6) is 0 Å². The number of phosphoric acid groups is 1. The molecule has 9 heteroatoms. The van der Waals surface area contributed by atoms with Crippen molar-refractivity contribution in [1.82, 2.24) is 5.32 Å². The van der Waals surface area contributed by atoms with E-state index in [1.807, 2.05) is 27.2 Å². The summed E-state index contributed by atoms with van der Waals surface area (Å²) >= 11 is 0. The number of unbranched alkanes of at least 4 members (excludes halogenated alkanes) is 34. The summed E-state index contributed by atoms with van der Waals surface area (Å²) in [6.45, 7) is 4.68. The molecule has 0 aliphatic heterocycles. The van der Waals surface area contributed by atoms with Crippen LogP contribution in [0.2, 0.25) is 0 Å². The Kier molecular flexibility index (Phi) is 42.0. The first-order valence-electron chi connectivity index (χ1n) is 25.6. The van der Waals surface area contributed by atoms with Crippen molar-refractivity contribution in [2.75, 3.05) is 40.9 Å². The summed E-state index contributed by atoms with van der Waals surface area (Å²) in [6, 6.07) is -0.880. The van der Waals surface area contributed by atoms with E-state index in [2.05, 4.69) is 19.2 Å². The van der Waals surface area contributed by atoms with Gasteiger partial charge < -0.3 is 28.8 Å². The molecule has 352 valence electrons. The van der Waals surface area contributed by atoms with Gasteiger partial charge in [-0.25, -0.2) is 0 Å². The standard InChI is InChI=1S/C50H101N2O6P/c1-6-8-10-12-14-16-18-20-22-23-24-25-26-27-28-30-32-34-36-38-40-42-44-50(54)51-48(47-58-59(55,56)57-46-45-52(3,4)5)49(53)43-41-39-37-35-33-31-29-21-19-17-15-13-11-9-7-2/h41,43,48-49,53H,6-40,42,44-47H2,1-5H3,(H-,51,54,55,56)/b43-41+/t48-,49+/m0/s1. The number of carbonyl (C=O) groups is 1. The molecule has 0 rings (SSSR count). The average Bonchev–Trinajstić information content (AvgIpc) is 3.19. The normalized spacial score (nSPS) is 14.2. The number of hydrogen-bond donors (Lipinski definition) is 2. The van der Waals surface area contributed by atoms with Crippen molar-refractivity contribution in [3.05, 3.63) is 12.2 Å². The SMILES string of the molecule is CCCCCCCCCCCCCCC/C=C/[C@@H](O)[C@H](COP(=O)([O-])OCC[N+](C)(C)C)NC(=O)CCCCCCCCCCCCCCCCCCCCCCCC. The van der Waals surface area contributed by atoms with Crippen molar-refractivity contribution in [3.8, 4) is 0 Å². The second-order valence-corrected chi connectivity index (χ2v) is 20.3. The molecule has 0 radical (unpaired) electrons. The number of aliphatic hydroxyl groups excluding tert-OH is 1. The number of aliphatic hydroxyl groups is 1. The van der Waals surface area contributed by atoms with Gasteiger partial charge in [0.1, 0.15) is 13.2 Å². The lowest BCUT2D eigenvalue weighted by atomic mass is 10.0. The number of hydrogen-bond acceptors (Lipinski definition) is 6. The Morgan fingerprint density at radius 2 is 0.915 bits per heavy atom. The van der Waals surface area contributed by atoms with E-state index in [9.17, 15) is 19.4 Å². The highest BCUT2D eigenvalue weighted by atomic mass is 31.2.